The Hall–Kier alpha value is -2.31. The molecule has 0 bridgehead atoms. The van der Waals surface area contributed by atoms with Gasteiger partial charge >= 0.3 is 8.38 Å². The van der Waals surface area contributed by atoms with Gasteiger partial charge in [-0.1, -0.05) is 47.5 Å². The van der Waals surface area contributed by atoms with Crippen molar-refractivity contribution < 1.29 is 9.05 Å². The van der Waals surface area contributed by atoms with Gasteiger partial charge < -0.3 is 9.05 Å². The molecule has 1 heterocycles. The van der Waals surface area contributed by atoms with E-state index >= 15 is 0 Å². The first-order valence-electron chi connectivity index (χ1n) is 7.63. The summed E-state index contributed by atoms with van der Waals surface area (Å²) in [6.45, 7) is 4.22. The van der Waals surface area contributed by atoms with E-state index in [0.29, 0.717) is 0 Å². The van der Waals surface area contributed by atoms with Crippen LogP contribution in [0.1, 0.15) is 11.1 Å². The van der Waals surface area contributed by atoms with Crippen LogP contribution in [0.25, 0.3) is 11.1 Å². The highest BCUT2D eigenvalue weighted by Crippen LogP contribution is 2.49. The van der Waals surface area contributed by atoms with E-state index < -0.39 is 8.38 Å². The highest BCUT2D eigenvalue weighted by Gasteiger charge is 2.29. The molecule has 0 radical (unpaired) electrons. The summed E-state index contributed by atoms with van der Waals surface area (Å²) in [5, 5.41) is 1.13. The van der Waals surface area contributed by atoms with E-state index in [0.717, 1.165) is 22.4 Å². The summed E-state index contributed by atoms with van der Waals surface area (Å²) in [4.78, 5) is 0. The van der Waals surface area contributed by atoms with Crippen molar-refractivity contribution in [3.63, 3.8) is 0 Å². The van der Waals surface area contributed by atoms with Crippen LogP contribution in [0.5, 0.6) is 11.5 Å². The average molecular weight is 320 g/mol. The molecule has 0 aromatic heterocycles. The molecule has 2 nitrogen and oxygen atoms in total. The van der Waals surface area contributed by atoms with Crippen LogP contribution in [-0.4, -0.2) is 0 Å². The number of hydrogen-bond acceptors (Lipinski definition) is 2. The zero-order valence-electron chi connectivity index (χ0n) is 13.1. The molecule has 0 saturated heterocycles. The molecule has 3 aromatic carbocycles. The highest BCUT2D eigenvalue weighted by molar-refractivity contribution is 7.57. The first kappa shape index (κ1) is 14.3. The van der Waals surface area contributed by atoms with Gasteiger partial charge in [0, 0.05) is 11.1 Å². The summed E-state index contributed by atoms with van der Waals surface area (Å²) in [7, 11) is -1.17. The molecule has 0 N–H and O–H groups in total. The van der Waals surface area contributed by atoms with Crippen molar-refractivity contribution in [3.05, 3.63) is 77.9 Å². The van der Waals surface area contributed by atoms with E-state index in [1.165, 1.54) is 16.7 Å². The quantitative estimate of drug-likeness (QED) is 0.590. The molecule has 0 saturated carbocycles. The van der Waals surface area contributed by atoms with Gasteiger partial charge in [-0.15, -0.1) is 0 Å². The maximum absolute atomic E-state index is 6.20. The predicted molar refractivity (Wildman–Crippen MR) is 95.6 cm³/mol. The lowest BCUT2D eigenvalue weighted by Crippen LogP contribution is -2.17. The Morgan fingerprint density at radius 2 is 1.48 bits per heavy atom. The zero-order valence-corrected chi connectivity index (χ0v) is 14.0. The van der Waals surface area contributed by atoms with Gasteiger partial charge in [-0.05, 0) is 44.2 Å². The summed E-state index contributed by atoms with van der Waals surface area (Å²) >= 11 is 0. The molecule has 23 heavy (non-hydrogen) atoms. The molecule has 3 heteroatoms. The second-order valence-corrected chi connectivity index (χ2v) is 7.13. The summed E-state index contributed by atoms with van der Waals surface area (Å²) in [5.41, 5.74) is 4.85. The van der Waals surface area contributed by atoms with Gasteiger partial charge in [0.2, 0.25) is 0 Å². The van der Waals surface area contributed by atoms with Crippen LogP contribution in [0.2, 0.25) is 0 Å². The van der Waals surface area contributed by atoms with Gasteiger partial charge in [0.05, 0.1) is 5.30 Å². The number of fused-ring (bicyclic) bond motifs is 3. The first-order chi connectivity index (χ1) is 11.2. The van der Waals surface area contributed by atoms with Gasteiger partial charge in [-0.2, -0.15) is 0 Å². The van der Waals surface area contributed by atoms with Gasteiger partial charge in [0.15, 0.2) is 0 Å². The van der Waals surface area contributed by atoms with E-state index in [-0.39, 0.29) is 0 Å². The molecule has 0 fully saturated rings. The number of benzene rings is 3. The molecule has 1 aliphatic heterocycles. The van der Waals surface area contributed by atoms with Crippen LogP contribution in [0, 0.1) is 13.8 Å². The molecule has 0 spiro atoms. The minimum Gasteiger partial charge on any atom is -0.435 e. The Balaban J connectivity index is 1.81. The minimum absolute atomic E-state index is 0.834. The third-order valence-corrected chi connectivity index (χ3v) is 5.41. The van der Waals surface area contributed by atoms with E-state index in [1.807, 2.05) is 36.4 Å². The van der Waals surface area contributed by atoms with Crippen molar-refractivity contribution in [1.29, 1.82) is 0 Å². The zero-order chi connectivity index (χ0) is 15.8. The molecule has 1 atom stereocenters. The average Bonchev–Trinajstić information content (AvgIpc) is 2.56. The SMILES string of the molecule is Cc1ccc2c(c1)-c1cc(C)ccc1P(Oc1ccccc1)O2. The standard InChI is InChI=1S/C20H17O2P/c1-14-8-10-19-17(12-14)18-13-15(2)9-11-20(18)23(22-19)21-16-6-4-3-5-7-16/h3-13H,1-2H3. The largest absolute Gasteiger partial charge is 0.435 e. The fourth-order valence-electron chi connectivity index (χ4n) is 2.74. The lowest BCUT2D eigenvalue weighted by molar-refractivity contribution is 0.500. The van der Waals surface area contributed by atoms with Crippen LogP contribution in [0.4, 0.5) is 0 Å². The van der Waals surface area contributed by atoms with Gasteiger partial charge in [0.1, 0.15) is 11.5 Å². The Bertz CT molecular complexity index is 859. The van der Waals surface area contributed by atoms with E-state index in [9.17, 15) is 0 Å². The predicted octanol–water partition coefficient (Wildman–Crippen LogP) is 5.38. The highest BCUT2D eigenvalue weighted by atomic mass is 31.2. The van der Waals surface area contributed by atoms with E-state index in [1.54, 1.807) is 0 Å². The molecular formula is C20H17O2P. The lowest BCUT2D eigenvalue weighted by atomic mass is 10.0. The summed E-state index contributed by atoms with van der Waals surface area (Å²) in [6.07, 6.45) is 0. The lowest BCUT2D eigenvalue weighted by Gasteiger charge is -2.27. The normalized spacial score (nSPS) is 15.3. The third-order valence-electron chi connectivity index (χ3n) is 3.89. The molecule has 3 aromatic rings. The Morgan fingerprint density at radius 1 is 0.783 bits per heavy atom. The molecule has 114 valence electrons. The maximum Gasteiger partial charge on any atom is 0.326 e. The van der Waals surface area contributed by atoms with Crippen molar-refractivity contribution in [2.75, 3.05) is 0 Å². The molecule has 0 aliphatic carbocycles. The van der Waals surface area contributed by atoms with Crippen LogP contribution in [-0.2, 0) is 0 Å². The fraction of sp³-hybridized carbons (Fsp3) is 0.100. The number of para-hydroxylation sites is 1. The number of rotatable bonds is 2. The molecule has 1 aliphatic rings. The fourth-order valence-corrected chi connectivity index (χ4v) is 4.21. The minimum atomic E-state index is -1.17. The van der Waals surface area contributed by atoms with Gasteiger partial charge in [-0.3, -0.25) is 0 Å². The summed E-state index contributed by atoms with van der Waals surface area (Å²) < 4.78 is 12.4. The monoisotopic (exact) mass is 320 g/mol. The number of aryl methyl sites for hydroxylation is 2. The van der Waals surface area contributed by atoms with Crippen LogP contribution in [0.3, 0.4) is 0 Å². The first-order valence-corrected chi connectivity index (χ1v) is 8.81. The summed E-state index contributed by atoms with van der Waals surface area (Å²) in [6, 6.07) is 22.6. The number of hydrogen-bond donors (Lipinski definition) is 0. The van der Waals surface area contributed by atoms with E-state index in [2.05, 4.69) is 44.2 Å². The Kier molecular flexibility index (Phi) is 3.55. The molecule has 4 rings (SSSR count). The van der Waals surface area contributed by atoms with Gasteiger partial charge in [0.25, 0.3) is 0 Å². The maximum atomic E-state index is 6.20. The smallest absolute Gasteiger partial charge is 0.326 e. The van der Waals surface area contributed by atoms with Crippen molar-refractivity contribution in [2.24, 2.45) is 0 Å². The molecule has 1 unspecified atom stereocenters. The third kappa shape index (κ3) is 2.71. The Morgan fingerprint density at radius 3 is 2.26 bits per heavy atom. The molecular weight excluding hydrogens is 303 g/mol. The van der Waals surface area contributed by atoms with Crippen LogP contribution >= 0.6 is 8.38 Å². The van der Waals surface area contributed by atoms with Crippen molar-refractivity contribution in [2.45, 2.75) is 13.8 Å². The van der Waals surface area contributed by atoms with Crippen molar-refractivity contribution >= 4 is 13.7 Å². The van der Waals surface area contributed by atoms with Crippen LogP contribution < -0.4 is 14.4 Å². The van der Waals surface area contributed by atoms with Crippen molar-refractivity contribution in [3.8, 4) is 22.6 Å². The van der Waals surface area contributed by atoms with Gasteiger partial charge in [-0.25, -0.2) is 0 Å². The van der Waals surface area contributed by atoms with Crippen molar-refractivity contribution in [1.82, 2.24) is 0 Å². The van der Waals surface area contributed by atoms with E-state index in [4.69, 9.17) is 9.05 Å². The second-order valence-electron chi connectivity index (χ2n) is 5.77. The second kappa shape index (κ2) is 5.72. The Labute approximate surface area is 137 Å². The summed E-state index contributed by atoms with van der Waals surface area (Å²) in [5.74, 6) is 1.73. The molecule has 0 amide bonds. The van der Waals surface area contributed by atoms with Crippen LogP contribution in [0.15, 0.2) is 66.7 Å². The topological polar surface area (TPSA) is 18.5 Å².